The fourth-order valence-electron chi connectivity index (χ4n) is 1.58. The van der Waals surface area contributed by atoms with E-state index in [1.54, 1.807) is 31.3 Å². The second-order valence-electron chi connectivity index (χ2n) is 3.77. The van der Waals surface area contributed by atoms with Gasteiger partial charge in [-0.2, -0.15) is 0 Å². The highest BCUT2D eigenvalue weighted by molar-refractivity contribution is 6.42. The lowest BCUT2D eigenvalue weighted by molar-refractivity contribution is -0.170. The minimum Gasteiger partial charge on any atom is -0.275 e. The average Bonchev–Trinajstić information content (AvgIpc) is 2.37. The monoisotopic (exact) mass is 287 g/mol. The first kappa shape index (κ1) is 15.0. The van der Waals surface area contributed by atoms with Crippen molar-refractivity contribution >= 4 is 29.1 Å². The van der Waals surface area contributed by atoms with Gasteiger partial charge in [-0.15, -0.1) is 6.58 Å². The zero-order chi connectivity index (χ0) is 13.7. The Labute approximate surface area is 117 Å². The van der Waals surface area contributed by atoms with Crippen LogP contribution in [-0.2, 0) is 9.63 Å². The Kier molecular flexibility index (Phi) is 5.66. The van der Waals surface area contributed by atoms with Crippen LogP contribution >= 0.6 is 23.2 Å². The number of rotatable bonds is 5. The number of carbonyl (C=O) groups excluding carboxylic acids is 1. The SMILES string of the molecule is C=CC[C@H](C(=O)N(C)OC)c1ccc(Cl)c(Cl)c1. The Morgan fingerprint density at radius 2 is 2.17 bits per heavy atom. The molecule has 0 heterocycles. The van der Waals surface area contributed by atoms with Gasteiger partial charge < -0.3 is 0 Å². The normalized spacial score (nSPS) is 12.0. The van der Waals surface area contributed by atoms with Crippen LogP contribution < -0.4 is 0 Å². The highest BCUT2D eigenvalue weighted by Crippen LogP contribution is 2.29. The summed E-state index contributed by atoms with van der Waals surface area (Å²) >= 11 is 11.8. The van der Waals surface area contributed by atoms with E-state index in [0.29, 0.717) is 16.5 Å². The molecule has 0 spiro atoms. The molecule has 0 unspecified atom stereocenters. The van der Waals surface area contributed by atoms with E-state index in [-0.39, 0.29) is 11.8 Å². The van der Waals surface area contributed by atoms with Crippen LogP contribution in [0.1, 0.15) is 17.9 Å². The molecule has 0 aromatic heterocycles. The van der Waals surface area contributed by atoms with Gasteiger partial charge in [0.2, 0.25) is 0 Å². The largest absolute Gasteiger partial charge is 0.275 e. The molecule has 1 atom stereocenters. The molecular weight excluding hydrogens is 273 g/mol. The van der Waals surface area contributed by atoms with Crippen molar-refractivity contribution in [2.75, 3.05) is 14.2 Å². The van der Waals surface area contributed by atoms with Crippen molar-refractivity contribution in [3.63, 3.8) is 0 Å². The van der Waals surface area contributed by atoms with Crippen molar-refractivity contribution in [2.45, 2.75) is 12.3 Å². The topological polar surface area (TPSA) is 29.5 Å². The molecule has 0 aliphatic rings. The molecule has 1 aromatic rings. The molecule has 1 aromatic carbocycles. The number of hydrogen-bond acceptors (Lipinski definition) is 2. The van der Waals surface area contributed by atoms with Crippen LogP contribution in [0.15, 0.2) is 30.9 Å². The number of halogens is 2. The zero-order valence-corrected chi connectivity index (χ0v) is 11.8. The summed E-state index contributed by atoms with van der Waals surface area (Å²) in [5, 5.41) is 2.08. The third-order valence-corrected chi connectivity index (χ3v) is 3.37. The molecule has 18 heavy (non-hydrogen) atoms. The van der Waals surface area contributed by atoms with Crippen LogP contribution in [0, 0.1) is 0 Å². The molecule has 0 aliphatic heterocycles. The van der Waals surface area contributed by atoms with Crippen molar-refractivity contribution in [3.8, 4) is 0 Å². The van der Waals surface area contributed by atoms with Crippen LogP contribution in [0.4, 0.5) is 0 Å². The number of hydrogen-bond donors (Lipinski definition) is 0. The molecule has 1 rings (SSSR count). The van der Waals surface area contributed by atoms with Crippen LogP contribution in [0.25, 0.3) is 0 Å². The molecule has 0 fully saturated rings. The number of amides is 1. The fraction of sp³-hybridized carbons (Fsp3) is 0.308. The van der Waals surface area contributed by atoms with Gasteiger partial charge in [-0.1, -0.05) is 35.3 Å². The number of likely N-dealkylation sites (N-methyl/N-ethyl adjacent to an activating group) is 1. The third-order valence-electron chi connectivity index (χ3n) is 2.63. The number of carbonyl (C=O) groups is 1. The molecular formula is C13H15Cl2NO2. The summed E-state index contributed by atoms with van der Waals surface area (Å²) in [6, 6.07) is 5.15. The Balaban J connectivity index is 3.07. The first-order chi connectivity index (χ1) is 8.51. The van der Waals surface area contributed by atoms with Gasteiger partial charge in [-0.3, -0.25) is 9.63 Å². The molecule has 0 aliphatic carbocycles. The summed E-state index contributed by atoms with van der Waals surface area (Å²) < 4.78 is 0. The predicted molar refractivity (Wildman–Crippen MR) is 73.8 cm³/mol. The molecule has 0 radical (unpaired) electrons. The van der Waals surface area contributed by atoms with Crippen LogP contribution in [0.3, 0.4) is 0 Å². The number of allylic oxidation sites excluding steroid dienone is 1. The van der Waals surface area contributed by atoms with E-state index in [1.807, 2.05) is 0 Å². The second kappa shape index (κ2) is 6.78. The maximum atomic E-state index is 12.1. The fourth-order valence-corrected chi connectivity index (χ4v) is 1.89. The smallest absolute Gasteiger partial charge is 0.253 e. The molecule has 1 amide bonds. The second-order valence-corrected chi connectivity index (χ2v) is 4.58. The highest BCUT2D eigenvalue weighted by Gasteiger charge is 2.23. The Bertz CT molecular complexity index is 449. The minimum absolute atomic E-state index is 0.157. The van der Waals surface area contributed by atoms with Gasteiger partial charge >= 0.3 is 0 Å². The maximum absolute atomic E-state index is 12.1. The Morgan fingerprint density at radius 1 is 1.50 bits per heavy atom. The van der Waals surface area contributed by atoms with E-state index in [1.165, 1.54) is 12.2 Å². The van der Waals surface area contributed by atoms with Gasteiger partial charge in [0.25, 0.3) is 5.91 Å². The lowest BCUT2D eigenvalue weighted by atomic mass is 9.95. The van der Waals surface area contributed by atoms with Crippen LogP contribution in [0.5, 0.6) is 0 Å². The summed E-state index contributed by atoms with van der Waals surface area (Å²) in [5.41, 5.74) is 0.790. The van der Waals surface area contributed by atoms with Crippen molar-refractivity contribution in [3.05, 3.63) is 46.5 Å². The summed E-state index contributed by atoms with van der Waals surface area (Å²) in [7, 11) is 3.01. The summed E-state index contributed by atoms with van der Waals surface area (Å²) in [6.45, 7) is 3.66. The molecule has 0 N–H and O–H groups in total. The summed E-state index contributed by atoms with van der Waals surface area (Å²) in [4.78, 5) is 17.0. The number of benzene rings is 1. The highest BCUT2D eigenvalue weighted by atomic mass is 35.5. The number of hydroxylamine groups is 2. The molecule has 0 saturated carbocycles. The standard InChI is InChI=1S/C13H15Cl2NO2/c1-4-5-10(13(17)16(2)18-3)9-6-7-11(14)12(15)8-9/h4,6-8,10H,1,5H2,2-3H3/t10-/m0/s1. The molecule has 0 bridgehead atoms. The van der Waals surface area contributed by atoms with Crippen molar-refractivity contribution in [1.82, 2.24) is 5.06 Å². The first-order valence-electron chi connectivity index (χ1n) is 5.38. The van der Waals surface area contributed by atoms with E-state index in [9.17, 15) is 4.79 Å². The zero-order valence-electron chi connectivity index (χ0n) is 10.3. The molecule has 3 nitrogen and oxygen atoms in total. The Morgan fingerprint density at radius 3 is 2.67 bits per heavy atom. The lowest BCUT2D eigenvalue weighted by Gasteiger charge is -2.21. The van der Waals surface area contributed by atoms with Gasteiger partial charge in [0, 0.05) is 7.05 Å². The third kappa shape index (κ3) is 3.48. The van der Waals surface area contributed by atoms with Gasteiger partial charge in [0.1, 0.15) is 0 Å². The Hall–Kier alpha value is -1.03. The van der Waals surface area contributed by atoms with Crippen molar-refractivity contribution in [2.24, 2.45) is 0 Å². The van der Waals surface area contributed by atoms with E-state index in [4.69, 9.17) is 28.0 Å². The maximum Gasteiger partial charge on any atom is 0.253 e. The summed E-state index contributed by atoms with van der Waals surface area (Å²) in [6.07, 6.45) is 2.19. The lowest BCUT2D eigenvalue weighted by Crippen LogP contribution is -2.30. The van der Waals surface area contributed by atoms with E-state index >= 15 is 0 Å². The van der Waals surface area contributed by atoms with E-state index < -0.39 is 0 Å². The van der Waals surface area contributed by atoms with Gasteiger partial charge in [-0.05, 0) is 24.1 Å². The van der Waals surface area contributed by atoms with E-state index in [2.05, 4.69) is 6.58 Å². The average molecular weight is 288 g/mol. The van der Waals surface area contributed by atoms with Crippen LogP contribution in [-0.4, -0.2) is 25.1 Å². The predicted octanol–water partition coefficient (Wildman–Crippen LogP) is 3.67. The first-order valence-corrected chi connectivity index (χ1v) is 6.14. The van der Waals surface area contributed by atoms with Crippen LogP contribution in [0.2, 0.25) is 10.0 Å². The summed E-state index contributed by atoms with van der Waals surface area (Å²) in [5.74, 6) is -0.530. The van der Waals surface area contributed by atoms with Crippen molar-refractivity contribution < 1.29 is 9.63 Å². The molecule has 98 valence electrons. The minimum atomic E-state index is -0.373. The molecule has 0 saturated heterocycles. The van der Waals surface area contributed by atoms with E-state index in [0.717, 1.165) is 5.56 Å². The quantitative estimate of drug-likeness (QED) is 0.611. The van der Waals surface area contributed by atoms with Gasteiger partial charge in [-0.25, -0.2) is 5.06 Å². The van der Waals surface area contributed by atoms with Gasteiger partial charge in [0.05, 0.1) is 23.1 Å². The molecule has 5 heteroatoms. The van der Waals surface area contributed by atoms with Gasteiger partial charge in [0.15, 0.2) is 0 Å². The van der Waals surface area contributed by atoms with Crippen molar-refractivity contribution in [1.29, 1.82) is 0 Å². The number of nitrogens with zero attached hydrogens (tertiary/aromatic N) is 1.